The van der Waals surface area contributed by atoms with Gasteiger partial charge in [-0.25, -0.2) is 0 Å². The molecule has 0 radical (unpaired) electrons. The van der Waals surface area contributed by atoms with E-state index >= 15 is 0 Å². The topological polar surface area (TPSA) is 33.7 Å². The highest BCUT2D eigenvalue weighted by molar-refractivity contribution is 7.80. The van der Waals surface area contributed by atoms with Gasteiger partial charge in [0.25, 0.3) is 0 Å². The molecule has 1 heterocycles. The SMILES string of the molecule is CCN(CC)C(=S)N[C@H]1C[C@H](C)O[C@H](C)O1. The Bertz CT molecular complexity index is 224. The van der Waals surface area contributed by atoms with E-state index in [9.17, 15) is 0 Å². The largest absolute Gasteiger partial charge is 0.350 e. The molecule has 1 aliphatic heterocycles. The first-order chi connectivity index (χ1) is 7.56. The van der Waals surface area contributed by atoms with Crippen molar-refractivity contribution in [1.29, 1.82) is 0 Å². The maximum absolute atomic E-state index is 5.62. The van der Waals surface area contributed by atoms with Gasteiger partial charge in [0.2, 0.25) is 0 Å². The molecule has 0 aliphatic carbocycles. The number of nitrogens with zero attached hydrogens (tertiary/aromatic N) is 1. The van der Waals surface area contributed by atoms with E-state index in [1.807, 2.05) is 13.8 Å². The smallest absolute Gasteiger partial charge is 0.170 e. The van der Waals surface area contributed by atoms with Crippen LogP contribution in [0.4, 0.5) is 0 Å². The summed E-state index contributed by atoms with van der Waals surface area (Å²) < 4.78 is 11.1. The number of thiocarbonyl (C=S) groups is 1. The molecule has 0 amide bonds. The normalized spacial score (nSPS) is 29.9. The van der Waals surface area contributed by atoms with Gasteiger partial charge in [0.15, 0.2) is 11.4 Å². The van der Waals surface area contributed by atoms with Crippen LogP contribution in [0.3, 0.4) is 0 Å². The van der Waals surface area contributed by atoms with E-state index < -0.39 is 0 Å². The lowest BCUT2D eigenvalue weighted by Gasteiger charge is -2.35. The Morgan fingerprint density at radius 1 is 1.31 bits per heavy atom. The van der Waals surface area contributed by atoms with E-state index in [0.717, 1.165) is 24.6 Å². The van der Waals surface area contributed by atoms with Crippen molar-refractivity contribution in [3.63, 3.8) is 0 Å². The van der Waals surface area contributed by atoms with E-state index in [4.69, 9.17) is 21.7 Å². The van der Waals surface area contributed by atoms with Crippen LogP contribution >= 0.6 is 12.2 Å². The highest BCUT2D eigenvalue weighted by atomic mass is 32.1. The Morgan fingerprint density at radius 2 is 1.94 bits per heavy atom. The zero-order chi connectivity index (χ0) is 12.1. The molecule has 3 atom stereocenters. The average Bonchev–Trinajstić information content (AvgIpc) is 2.17. The van der Waals surface area contributed by atoms with E-state index in [0.29, 0.717) is 0 Å². The van der Waals surface area contributed by atoms with Crippen molar-refractivity contribution in [2.45, 2.75) is 52.7 Å². The van der Waals surface area contributed by atoms with Crippen LogP contribution in [0.15, 0.2) is 0 Å². The maximum atomic E-state index is 5.62. The van der Waals surface area contributed by atoms with Gasteiger partial charge < -0.3 is 19.7 Å². The summed E-state index contributed by atoms with van der Waals surface area (Å²) in [4.78, 5) is 2.10. The van der Waals surface area contributed by atoms with Crippen molar-refractivity contribution >= 4 is 17.3 Å². The van der Waals surface area contributed by atoms with Crippen LogP contribution in [0.2, 0.25) is 0 Å². The molecule has 0 aromatic carbocycles. The summed E-state index contributed by atoms with van der Waals surface area (Å²) in [7, 11) is 0. The molecule has 1 rings (SSSR count). The molecular formula is C11H22N2O2S. The Hall–Kier alpha value is -0.390. The van der Waals surface area contributed by atoms with Gasteiger partial charge >= 0.3 is 0 Å². The van der Waals surface area contributed by atoms with E-state index in [1.165, 1.54) is 0 Å². The van der Waals surface area contributed by atoms with Crippen LogP contribution in [0.5, 0.6) is 0 Å². The van der Waals surface area contributed by atoms with Gasteiger partial charge in [0.05, 0.1) is 6.10 Å². The first-order valence-corrected chi connectivity index (χ1v) is 6.34. The fourth-order valence-electron chi connectivity index (χ4n) is 1.84. The monoisotopic (exact) mass is 246 g/mol. The number of rotatable bonds is 3. The van der Waals surface area contributed by atoms with E-state index in [-0.39, 0.29) is 18.6 Å². The summed E-state index contributed by atoms with van der Waals surface area (Å²) in [6.45, 7) is 9.97. The molecule has 94 valence electrons. The highest BCUT2D eigenvalue weighted by Crippen LogP contribution is 2.16. The molecule has 0 unspecified atom stereocenters. The molecular weight excluding hydrogens is 224 g/mol. The first-order valence-electron chi connectivity index (χ1n) is 5.93. The van der Waals surface area contributed by atoms with Crippen molar-refractivity contribution in [3.05, 3.63) is 0 Å². The molecule has 0 aromatic heterocycles. The molecule has 1 saturated heterocycles. The fraction of sp³-hybridized carbons (Fsp3) is 0.909. The second-order valence-corrected chi connectivity index (χ2v) is 4.38. The van der Waals surface area contributed by atoms with Crippen LogP contribution in [0.1, 0.15) is 34.1 Å². The summed E-state index contributed by atoms with van der Waals surface area (Å²) in [6, 6.07) is 0. The Balaban J connectivity index is 2.43. The number of ether oxygens (including phenoxy) is 2. The lowest BCUT2D eigenvalue weighted by atomic mass is 10.2. The summed E-state index contributed by atoms with van der Waals surface area (Å²) >= 11 is 5.33. The minimum Gasteiger partial charge on any atom is -0.350 e. The van der Waals surface area contributed by atoms with Gasteiger partial charge in [-0.05, 0) is 39.9 Å². The summed E-state index contributed by atoms with van der Waals surface area (Å²) in [6.07, 6.45) is 0.833. The molecule has 16 heavy (non-hydrogen) atoms. The van der Waals surface area contributed by atoms with Gasteiger partial charge in [0.1, 0.15) is 6.23 Å². The van der Waals surface area contributed by atoms with Crippen molar-refractivity contribution in [1.82, 2.24) is 10.2 Å². The highest BCUT2D eigenvalue weighted by Gasteiger charge is 2.25. The second kappa shape index (κ2) is 6.37. The van der Waals surface area contributed by atoms with Crippen molar-refractivity contribution in [2.24, 2.45) is 0 Å². The lowest BCUT2D eigenvalue weighted by Crippen LogP contribution is -2.50. The third kappa shape index (κ3) is 3.88. The summed E-state index contributed by atoms with van der Waals surface area (Å²) in [5.41, 5.74) is 0. The summed E-state index contributed by atoms with van der Waals surface area (Å²) in [5, 5.41) is 4.00. The molecule has 4 nitrogen and oxygen atoms in total. The third-order valence-electron chi connectivity index (χ3n) is 2.66. The van der Waals surface area contributed by atoms with Crippen LogP contribution < -0.4 is 5.32 Å². The number of nitrogens with one attached hydrogen (secondary N) is 1. The number of hydrogen-bond acceptors (Lipinski definition) is 3. The van der Waals surface area contributed by atoms with Crippen molar-refractivity contribution in [3.8, 4) is 0 Å². The van der Waals surface area contributed by atoms with Crippen LogP contribution in [-0.2, 0) is 9.47 Å². The zero-order valence-corrected chi connectivity index (χ0v) is 11.3. The fourth-order valence-corrected chi connectivity index (χ4v) is 2.23. The molecule has 0 saturated carbocycles. The number of hydrogen-bond donors (Lipinski definition) is 1. The predicted octanol–water partition coefficient (Wildman–Crippen LogP) is 1.70. The summed E-state index contributed by atoms with van der Waals surface area (Å²) in [5.74, 6) is 0. The van der Waals surface area contributed by atoms with Gasteiger partial charge in [-0.2, -0.15) is 0 Å². The van der Waals surface area contributed by atoms with E-state index in [1.54, 1.807) is 0 Å². The van der Waals surface area contributed by atoms with Gasteiger partial charge in [-0.3, -0.25) is 0 Å². The quantitative estimate of drug-likeness (QED) is 0.767. The van der Waals surface area contributed by atoms with Gasteiger partial charge in [-0.15, -0.1) is 0 Å². The lowest BCUT2D eigenvalue weighted by molar-refractivity contribution is -0.232. The Labute approximate surface area is 103 Å². The Kier molecular flexibility index (Phi) is 5.44. The van der Waals surface area contributed by atoms with Crippen LogP contribution in [0, 0.1) is 0 Å². The minimum absolute atomic E-state index is 0.0353. The first kappa shape index (κ1) is 13.7. The van der Waals surface area contributed by atoms with Crippen LogP contribution in [0.25, 0.3) is 0 Å². The molecule has 1 fully saturated rings. The molecule has 0 spiro atoms. The standard InChI is InChI=1S/C11H22N2O2S/c1-5-13(6-2)11(16)12-10-7-8(3)14-9(4)15-10/h8-10H,5-7H2,1-4H3,(H,12,16)/t8-,9-,10+/m0/s1. The average molecular weight is 246 g/mol. The maximum Gasteiger partial charge on any atom is 0.170 e. The third-order valence-corrected chi connectivity index (χ3v) is 3.04. The minimum atomic E-state index is -0.166. The zero-order valence-electron chi connectivity index (χ0n) is 10.5. The van der Waals surface area contributed by atoms with E-state index in [2.05, 4.69) is 24.1 Å². The van der Waals surface area contributed by atoms with Crippen LogP contribution in [-0.4, -0.2) is 41.7 Å². The second-order valence-electron chi connectivity index (χ2n) is 4.00. The predicted molar refractivity (Wildman–Crippen MR) is 68.2 cm³/mol. The molecule has 0 aromatic rings. The van der Waals surface area contributed by atoms with Gasteiger partial charge in [-0.1, -0.05) is 0 Å². The molecule has 0 bridgehead atoms. The van der Waals surface area contributed by atoms with Crippen molar-refractivity contribution < 1.29 is 9.47 Å². The Morgan fingerprint density at radius 3 is 2.44 bits per heavy atom. The molecule has 1 N–H and O–H groups in total. The van der Waals surface area contributed by atoms with Crippen molar-refractivity contribution in [2.75, 3.05) is 13.1 Å². The molecule has 1 aliphatic rings. The van der Waals surface area contributed by atoms with Gasteiger partial charge in [0, 0.05) is 19.5 Å². The molecule has 5 heteroatoms.